The van der Waals surface area contributed by atoms with E-state index < -0.39 is 11.8 Å². The van der Waals surface area contributed by atoms with Gasteiger partial charge in [0.15, 0.2) is 5.11 Å². The van der Waals surface area contributed by atoms with Gasteiger partial charge < -0.3 is 4.57 Å². The van der Waals surface area contributed by atoms with Crippen molar-refractivity contribution in [3.05, 3.63) is 54.3 Å². The number of benzene rings is 1. The number of nitrogens with one attached hydrogen (secondary N) is 1. The van der Waals surface area contributed by atoms with Gasteiger partial charge in [-0.05, 0) is 31.3 Å². The standard InChI is InChI=1S/C18H17N3O2S/c1-3-9-21-17(23)14(16(22)19-18(21)24)10-12-11-20(4-2)15-8-6-5-7-13(12)15/h3,5-8,10-11H,1,4,9H2,2H3,(H,19,22,24). The fourth-order valence-electron chi connectivity index (χ4n) is 2.80. The first-order valence-electron chi connectivity index (χ1n) is 7.64. The molecular formula is C18H17N3O2S. The summed E-state index contributed by atoms with van der Waals surface area (Å²) in [5.74, 6) is -0.879. The van der Waals surface area contributed by atoms with Crippen LogP contribution in [-0.2, 0) is 16.1 Å². The van der Waals surface area contributed by atoms with Crippen molar-refractivity contribution in [1.82, 2.24) is 14.8 Å². The first-order chi connectivity index (χ1) is 11.6. The Kier molecular flexibility index (Phi) is 4.31. The average Bonchev–Trinajstić information content (AvgIpc) is 2.93. The van der Waals surface area contributed by atoms with Crippen molar-refractivity contribution >= 4 is 46.1 Å². The van der Waals surface area contributed by atoms with Gasteiger partial charge in [0.05, 0.1) is 0 Å². The number of fused-ring (bicyclic) bond motifs is 1. The van der Waals surface area contributed by atoms with Crippen molar-refractivity contribution in [3.8, 4) is 0 Å². The minimum atomic E-state index is -0.473. The number of aryl methyl sites for hydroxylation is 1. The van der Waals surface area contributed by atoms with Gasteiger partial charge >= 0.3 is 0 Å². The SMILES string of the molecule is C=CCN1C(=O)C(=Cc2cn(CC)c3ccccc23)C(=O)NC1=S. The number of rotatable bonds is 4. The predicted molar refractivity (Wildman–Crippen MR) is 98.2 cm³/mol. The largest absolute Gasteiger partial charge is 0.347 e. The molecular weight excluding hydrogens is 322 g/mol. The number of hydrogen-bond acceptors (Lipinski definition) is 3. The molecule has 122 valence electrons. The Hall–Kier alpha value is -2.73. The Balaban J connectivity index is 2.10. The average molecular weight is 339 g/mol. The van der Waals surface area contributed by atoms with Crippen molar-refractivity contribution in [1.29, 1.82) is 0 Å². The van der Waals surface area contributed by atoms with E-state index in [1.807, 2.05) is 37.4 Å². The molecule has 1 aliphatic rings. The van der Waals surface area contributed by atoms with Gasteiger partial charge in [0.1, 0.15) is 5.57 Å². The Morgan fingerprint density at radius 1 is 1.29 bits per heavy atom. The van der Waals surface area contributed by atoms with E-state index in [9.17, 15) is 9.59 Å². The monoisotopic (exact) mass is 339 g/mol. The number of amides is 2. The van der Waals surface area contributed by atoms with E-state index in [2.05, 4.69) is 16.5 Å². The van der Waals surface area contributed by atoms with Gasteiger partial charge in [0.2, 0.25) is 0 Å². The second-order valence-electron chi connectivity index (χ2n) is 5.41. The Morgan fingerprint density at radius 3 is 2.75 bits per heavy atom. The third kappa shape index (κ3) is 2.65. The molecule has 5 nitrogen and oxygen atoms in total. The molecule has 0 aliphatic carbocycles. The molecule has 1 aromatic carbocycles. The summed E-state index contributed by atoms with van der Waals surface area (Å²) < 4.78 is 2.08. The molecule has 2 amide bonds. The van der Waals surface area contributed by atoms with Crippen LogP contribution >= 0.6 is 12.2 Å². The summed E-state index contributed by atoms with van der Waals surface area (Å²) in [4.78, 5) is 26.2. The lowest BCUT2D eigenvalue weighted by atomic mass is 10.1. The summed E-state index contributed by atoms with van der Waals surface area (Å²) in [7, 11) is 0. The molecule has 1 N–H and O–H groups in total. The van der Waals surface area contributed by atoms with Crippen LogP contribution in [0.2, 0.25) is 0 Å². The summed E-state index contributed by atoms with van der Waals surface area (Å²) in [6.07, 6.45) is 5.15. The van der Waals surface area contributed by atoms with Crippen LogP contribution in [-0.4, -0.2) is 32.9 Å². The van der Waals surface area contributed by atoms with Gasteiger partial charge in [-0.15, -0.1) is 6.58 Å². The molecule has 0 radical (unpaired) electrons. The molecule has 1 aliphatic heterocycles. The summed E-state index contributed by atoms with van der Waals surface area (Å²) in [6.45, 7) is 6.72. The van der Waals surface area contributed by atoms with E-state index in [-0.39, 0.29) is 17.2 Å². The Bertz CT molecular complexity index is 895. The maximum Gasteiger partial charge on any atom is 0.265 e. The molecule has 0 spiro atoms. The number of aromatic nitrogens is 1. The van der Waals surface area contributed by atoms with Gasteiger partial charge in [-0.2, -0.15) is 0 Å². The number of para-hydroxylation sites is 1. The number of carbonyl (C=O) groups is 2. The van der Waals surface area contributed by atoms with E-state index in [1.54, 1.807) is 12.2 Å². The fourth-order valence-corrected chi connectivity index (χ4v) is 3.05. The molecule has 2 heterocycles. The molecule has 0 atom stereocenters. The molecule has 1 saturated heterocycles. The van der Waals surface area contributed by atoms with Gasteiger partial charge in [0.25, 0.3) is 11.8 Å². The fraction of sp³-hybridized carbons (Fsp3) is 0.167. The van der Waals surface area contributed by atoms with E-state index in [4.69, 9.17) is 12.2 Å². The highest BCUT2D eigenvalue weighted by Crippen LogP contribution is 2.24. The van der Waals surface area contributed by atoms with Crippen LogP contribution in [0, 0.1) is 0 Å². The summed E-state index contributed by atoms with van der Waals surface area (Å²) in [5, 5.41) is 3.66. The lowest BCUT2D eigenvalue weighted by molar-refractivity contribution is -0.128. The second kappa shape index (κ2) is 6.41. The topological polar surface area (TPSA) is 54.3 Å². The summed E-state index contributed by atoms with van der Waals surface area (Å²) in [6, 6.07) is 7.90. The maximum absolute atomic E-state index is 12.6. The van der Waals surface area contributed by atoms with Crippen LogP contribution in [0.3, 0.4) is 0 Å². The first-order valence-corrected chi connectivity index (χ1v) is 8.05. The van der Waals surface area contributed by atoms with E-state index in [0.29, 0.717) is 0 Å². The first kappa shape index (κ1) is 16.1. The lowest BCUT2D eigenvalue weighted by Crippen LogP contribution is -2.53. The van der Waals surface area contributed by atoms with Crippen molar-refractivity contribution in [2.45, 2.75) is 13.5 Å². The smallest absolute Gasteiger partial charge is 0.265 e. The minimum absolute atomic E-state index is 0.0736. The summed E-state index contributed by atoms with van der Waals surface area (Å²) >= 11 is 5.06. The quantitative estimate of drug-likeness (QED) is 0.403. The lowest BCUT2D eigenvalue weighted by Gasteiger charge is -2.27. The van der Waals surface area contributed by atoms with E-state index in [1.165, 1.54) is 4.90 Å². The molecule has 24 heavy (non-hydrogen) atoms. The minimum Gasteiger partial charge on any atom is -0.347 e. The molecule has 2 aromatic rings. The summed E-state index contributed by atoms with van der Waals surface area (Å²) in [5.41, 5.74) is 1.97. The molecule has 0 unspecified atom stereocenters. The van der Waals surface area contributed by atoms with Crippen molar-refractivity contribution in [2.24, 2.45) is 0 Å². The van der Waals surface area contributed by atoms with Crippen molar-refractivity contribution in [2.75, 3.05) is 6.54 Å². The van der Waals surface area contributed by atoms with E-state index in [0.717, 1.165) is 23.0 Å². The van der Waals surface area contributed by atoms with Crippen LogP contribution in [0.1, 0.15) is 12.5 Å². The third-order valence-electron chi connectivity index (χ3n) is 3.96. The van der Waals surface area contributed by atoms with Crippen LogP contribution in [0.15, 0.2) is 48.7 Å². The maximum atomic E-state index is 12.6. The van der Waals surface area contributed by atoms with Crippen LogP contribution in [0.5, 0.6) is 0 Å². The van der Waals surface area contributed by atoms with Gasteiger partial charge in [-0.1, -0.05) is 24.3 Å². The highest BCUT2D eigenvalue weighted by molar-refractivity contribution is 7.80. The molecule has 0 bridgehead atoms. The van der Waals surface area contributed by atoms with Crippen molar-refractivity contribution < 1.29 is 9.59 Å². The molecule has 1 fully saturated rings. The number of thiocarbonyl (C=S) groups is 1. The van der Waals surface area contributed by atoms with Crippen LogP contribution < -0.4 is 5.32 Å². The Morgan fingerprint density at radius 2 is 2.04 bits per heavy atom. The highest BCUT2D eigenvalue weighted by Gasteiger charge is 2.32. The number of hydrogen-bond donors (Lipinski definition) is 1. The van der Waals surface area contributed by atoms with Gasteiger partial charge in [-0.25, -0.2) is 0 Å². The molecule has 3 rings (SSSR count). The van der Waals surface area contributed by atoms with Gasteiger partial charge in [-0.3, -0.25) is 19.8 Å². The van der Waals surface area contributed by atoms with Gasteiger partial charge in [0, 0.05) is 35.8 Å². The third-order valence-corrected chi connectivity index (χ3v) is 4.28. The highest BCUT2D eigenvalue weighted by atomic mass is 32.1. The molecule has 0 saturated carbocycles. The molecule has 1 aromatic heterocycles. The molecule has 6 heteroatoms. The second-order valence-corrected chi connectivity index (χ2v) is 5.80. The zero-order valence-corrected chi connectivity index (χ0v) is 14.1. The number of carbonyl (C=O) groups excluding carboxylic acids is 2. The zero-order valence-electron chi connectivity index (χ0n) is 13.3. The van der Waals surface area contributed by atoms with Crippen LogP contribution in [0.25, 0.3) is 17.0 Å². The Labute approximate surface area is 145 Å². The van der Waals surface area contributed by atoms with Crippen LogP contribution in [0.4, 0.5) is 0 Å². The van der Waals surface area contributed by atoms with Crippen molar-refractivity contribution in [3.63, 3.8) is 0 Å². The normalized spacial score (nSPS) is 16.8. The zero-order chi connectivity index (χ0) is 17.3. The predicted octanol–water partition coefficient (Wildman–Crippen LogP) is 2.47. The number of nitrogens with zero attached hydrogens (tertiary/aromatic N) is 2. The van der Waals surface area contributed by atoms with E-state index >= 15 is 0 Å².